The molecule has 0 bridgehead atoms. The number of benzene rings is 1. The van der Waals surface area contributed by atoms with Crippen molar-refractivity contribution in [2.24, 2.45) is 0 Å². The highest BCUT2D eigenvalue weighted by atomic mass is 127. The van der Waals surface area contributed by atoms with Crippen LogP contribution in [0.1, 0.15) is 18.9 Å². The summed E-state index contributed by atoms with van der Waals surface area (Å²) in [5.74, 6) is 0.251. The predicted molar refractivity (Wildman–Crippen MR) is 73.6 cm³/mol. The summed E-state index contributed by atoms with van der Waals surface area (Å²) in [6, 6.07) is 5.51. The molecule has 0 atom stereocenters. The number of anilines is 1. The summed E-state index contributed by atoms with van der Waals surface area (Å²) < 4.78 is 6.47. The Kier molecular flexibility index (Phi) is 3.18. The predicted octanol–water partition coefficient (Wildman–Crippen LogP) is 2.93. The smallest absolute Gasteiger partial charge is 0.198 e. The number of nitrogen functional groups attached to an aromatic ring is 1. The molecule has 4 heteroatoms. The maximum absolute atomic E-state index is 12.1. The van der Waals surface area contributed by atoms with Gasteiger partial charge in [-0.1, -0.05) is 13.3 Å². The summed E-state index contributed by atoms with van der Waals surface area (Å²) in [5, 5.41) is 0.615. The molecule has 1 aromatic carbocycles. The SMILES string of the molecule is CCCc1c(N)oc2ccc(I)cc2c1=O. The Labute approximate surface area is 107 Å². The number of nitrogens with two attached hydrogens (primary N) is 1. The van der Waals surface area contributed by atoms with Gasteiger partial charge >= 0.3 is 0 Å². The monoisotopic (exact) mass is 329 g/mol. The summed E-state index contributed by atoms with van der Waals surface area (Å²) in [6.07, 6.45) is 1.54. The zero-order valence-corrected chi connectivity index (χ0v) is 11.1. The molecular formula is C12H12INO2. The molecule has 1 aromatic heterocycles. The van der Waals surface area contributed by atoms with Gasteiger partial charge in [0.2, 0.25) is 0 Å². The zero-order chi connectivity index (χ0) is 11.7. The molecule has 0 aliphatic heterocycles. The Morgan fingerprint density at radius 2 is 2.19 bits per heavy atom. The number of hydrogen-bond donors (Lipinski definition) is 1. The molecule has 3 nitrogen and oxygen atoms in total. The minimum atomic E-state index is -0.000819. The lowest BCUT2D eigenvalue weighted by atomic mass is 10.1. The molecule has 0 aliphatic carbocycles. The highest BCUT2D eigenvalue weighted by molar-refractivity contribution is 14.1. The van der Waals surface area contributed by atoms with Gasteiger partial charge in [0.1, 0.15) is 5.58 Å². The lowest BCUT2D eigenvalue weighted by Gasteiger charge is -2.05. The molecule has 0 aliphatic rings. The van der Waals surface area contributed by atoms with Crippen molar-refractivity contribution in [2.75, 3.05) is 5.73 Å². The van der Waals surface area contributed by atoms with Gasteiger partial charge in [0, 0.05) is 3.57 Å². The van der Waals surface area contributed by atoms with E-state index in [1.54, 1.807) is 6.07 Å². The van der Waals surface area contributed by atoms with Gasteiger partial charge in [-0.05, 0) is 47.2 Å². The molecule has 0 spiro atoms. The Morgan fingerprint density at radius 3 is 2.88 bits per heavy atom. The number of fused-ring (bicyclic) bond motifs is 1. The normalized spacial score (nSPS) is 10.9. The first-order valence-electron chi connectivity index (χ1n) is 5.14. The molecule has 0 saturated carbocycles. The van der Waals surface area contributed by atoms with Gasteiger partial charge in [0.05, 0.1) is 10.9 Å². The average Bonchev–Trinajstić information content (AvgIpc) is 2.26. The first-order chi connectivity index (χ1) is 7.63. The van der Waals surface area contributed by atoms with Gasteiger partial charge < -0.3 is 10.2 Å². The van der Waals surface area contributed by atoms with E-state index in [4.69, 9.17) is 10.2 Å². The van der Waals surface area contributed by atoms with Gasteiger partial charge in [0.25, 0.3) is 0 Å². The van der Waals surface area contributed by atoms with Crippen molar-refractivity contribution < 1.29 is 4.42 Å². The molecule has 0 radical (unpaired) electrons. The summed E-state index contributed by atoms with van der Waals surface area (Å²) >= 11 is 2.17. The fourth-order valence-electron chi connectivity index (χ4n) is 1.71. The molecule has 2 aromatic rings. The quantitative estimate of drug-likeness (QED) is 0.862. The summed E-state index contributed by atoms with van der Waals surface area (Å²) in [5.41, 5.74) is 6.89. The number of rotatable bonds is 2. The summed E-state index contributed by atoms with van der Waals surface area (Å²) in [4.78, 5) is 12.1. The van der Waals surface area contributed by atoms with Crippen molar-refractivity contribution >= 4 is 39.4 Å². The highest BCUT2D eigenvalue weighted by Crippen LogP contribution is 2.20. The van der Waals surface area contributed by atoms with Crippen LogP contribution in [-0.4, -0.2) is 0 Å². The van der Waals surface area contributed by atoms with Crippen LogP contribution in [0.4, 0.5) is 5.88 Å². The molecule has 84 valence electrons. The van der Waals surface area contributed by atoms with Crippen molar-refractivity contribution in [3.05, 3.63) is 37.6 Å². The number of halogens is 1. The van der Waals surface area contributed by atoms with E-state index >= 15 is 0 Å². The molecule has 0 fully saturated rings. The van der Waals surface area contributed by atoms with Gasteiger partial charge in [0.15, 0.2) is 11.3 Å². The molecule has 1 heterocycles. The van der Waals surface area contributed by atoms with E-state index in [1.165, 1.54) is 0 Å². The van der Waals surface area contributed by atoms with Gasteiger partial charge in [-0.3, -0.25) is 4.79 Å². The van der Waals surface area contributed by atoms with E-state index in [2.05, 4.69) is 22.6 Å². The third-order valence-corrected chi connectivity index (χ3v) is 3.15. The highest BCUT2D eigenvalue weighted by Gasteiger charge is 2.11. The molecule has 2 N–H and O–H groups in total. The minimum Gasteiger partial charge on any atom is -0.440 e. The number of hydrogen-bond acceptors (Lipinski definition) is 3. The molecule has 2 rings (SSSR count). The molecule has 0 amide bonds. The van der Waals surface area contributed by atoms with Gasteiger partial charge in [-0.2, -0.15) is 0 Å². The van der Waals surface area contributed by atoms with E-state index in [1.807, 2.05) is 19.1 Å². The summed E-state index contributed by atoms with van der Waals surface area (Å²) in [6.45, 7) is 2.01. The first kappa shape index (κ1) is 11.4. The zero-order valence-electron chi connectivity index (χ0n) is 8.92. The second kappa shape index (κ2) is 4.45. The molecule has 0 saturated heterocycles. The van der Waals surface area contributed by atoms with Crippen LogP contribution in [0, 0.1) is 3.57 Å². The molecular weight excluding hydrogens is 317 g/mol. The van der Waals surface area contributed by atoms with Crippen molar-refractivity contribution in [3.8, 4) is 0 Å². The van der Waals surface area contributed by atoms with E-state index in [0.29, 0.717) is 23.0 Å². The standard InChI is InChI=1S/C12H12INO2/c1-2-3-8-11(15)9-6-7(13)4-5-10(9)16-12(8)14/h4-6H,2-3,14H2,1H3. The van der Waals surface area contributed by atoms with E-state index in [9.17, 15) is 4.79 Å². The van der Waals surface area contributed by atoms with Crippen molar-refractivity contribution in [1.29, 1.82) is 0 Å². The van der Waals surface area contributed by atoms with E-state index in [0.717, 1.165) is 9.99 Å². The first-order valence-corrected chi connectivity index (χ1v) is 6.22. The Hall–Kier alpha value is -1.04. The Morgan fingerprint density at radius 1 is 1.44 bits per heavy atom. The van der Waals surface area contributed by atoms with Crippen LogP contribution < -0.4 is 11.2 Å². The summed E-state index contributed by atoms with van der Waals surface area (Å²) in [7, 11) is 0. The second-order valence-electron chi connectivity index (χ2n) is 3.66. The Bertz CT molecular complexity index is 589. The van der Waals surface area contributed by atoms with E-state index in [-0.39, 0.29) is 11.3 Å². The third kappa shape index (κ3) is 1.93. The van der Waals surface area contributed by atoms with Crippen LogP contribution in [0.5, 0.6) is 0 Å². The lowest BCUT2D eigenvalue weighted by Crippen LogP contribution is -2.12. The van der Waals surface area contributed by atoms with Crippen LogP contribution >= 0.6 is 22.6 Å². The van der Waals surface area contributed by atoms with Crippen molar-refractivity contribution in [3.63, 3.8) is 0 Å². The van der Waals surface area contributed by atoms with E-state index < -0.39 is 0 Å². The second-order valence-corrected chi connectivity index (χ2v) is 4.91. The average molecular weight is 329 g/mol. The van der Waals surface area contributed by atoms with Gasteiger partial charge in [-0.25, -0.2) is 0 Å². The van der Waals surface area contributed by atoms with Crippen LogP contribution in [0.2, 0.25) is 0 Å². The maximum atomic E-state index is 12.1. The maximum Gasteiger partial charge on any atom is 0.198 e. The molecule has 16 heavy (non-hydrogen) atoms. The third-order valence-electron chi connectivity index (χ3n) is 2.48. The fourth-order valence-corrected chi connectivity index (χ4v) is 2.20. The van der Waals surface area contributed by atoms with Crippen LogP contribution in [0.3, 0.4) is 0 Å². The topological polar surface area (TPSA) is 56.2 Å². The fraction of sp³-hybridized carbons (Fsp3) is 0.250. The lowest BCUT2D eigenvalue weighted by molar-refractivity contribution is 0.614. The van der Waals surface area contributed by atoms with Crippen molar-refractivity contribution in [2.45, 2.75) is 19.8 Å². The van der Waals surface area contributed by atoms with Crippen LogP contribution in [0.25, 0.3) is 11.0 Å². The van der Waals surface area contributed by atoms with Crippen LogP contribution in [-0.2, 0) is 6.42 Å². The Balaban J connectivity index is 2.80. The largest absolute Gasteiger partial charge is 0.440 e. The van der Waals surface area contributed by atoms with Gasteiger partial charge in [-0.15, -0.1) is 0 Å². The minimum absolute atomic E-state index is 0.000819. The molecule has 0 unspecified atom stereocenters. The van der Waals surface area contributed by atoms with Crippen molar-refractivity contribution in [1.82, 2.24) is 0 Å². The van der Waals surface area contributed by atoms with Crippen LogP contribution in [0.15, 0.2) is 27.4 Å².